The Morgan fingerprint density at radius 3 is 2.72 bits per heavy atom. The molecule has 0 amide bonds. The summed E-state index contributed by atoms with van der Waals surface area (Å²) >= 11 is 0. The van der Waals surface area contributed by atoms with Gasteiger partial charge in [-0.1, -0.05) is 11.3 Å². The van der Waals surface area contributed by atoms with Crippen molar-refractivity contribution in [3.8, 4) is 0 Å². The van der Waals surface area contributed by atoms with E-state index < -0.39 is 0 Å². The molecule has 5 nitrogen and oxygen atoms in total. The molecule has 0 aliphatic carbocycles. The van der Waals surface area contributed by atoms with Crippen LogP contribution in [0.5, 0.6) is 0 Å². The number of anilines is 1. The normalized spacial score (nSPS) is 19.4. The Morgan fingerprint density at radius 2 is 2.00 bits per heavy atom. The molecule has 0 atom stereocenters. The summed E-state index contributed by atoms with van der Waals surface area (Å²) < 4.78 is 1.82. The molecule has 18 heavy (non-hydrogen) atoms. The SMILES string of the molecule is Cn1nnc2c(N3CCC(C)(N)CC3)cccc21. The van der Waals surface area contributed by atoms with Crippen LogP contribution in [0, 0.1) is 0 Å². The quantitative estimate of drug-likeness (QED) is 0.822. The van der Waals surface area contributed by atoms with E-state index in [0.717, 1.165) is 37.0 Å². The topological polar surface area (TPSA) is 60.0 Å². The highest BCUT2D eigenvalue weighted by Gasteiger charge is 2.27. The highest BCUT2D eigenvalue weighted by molar-refractivity contribution is 5.88. The van der Waals surface area contributed by atoms with Crippen LogP contribution < -0.4 is 10.6 Å². The van der Waals surface area contributed by atoms with E-state index in [0.29, 0.717) is 0 Å². The van der Waals surface area contributed by atoms with Crippen LogP contribution in [0.3, 0.4) is 0 Å². The molecule has 2 aromatic rings. The van der Waals surface area contributed by atoms with Crippen molar-refractivity contribution in [1.29, 1.82) is 0 Å². The molecule has 0 spiro atoms. The summed E-state index contributed by atoms with van der Waals surface area (Å²) in [5, 5.41) is 8.36. The standard InChI is InChI=1S/C13H19N5/c1-13(14)6-8-18(9-7-13)11-5-3-4-10-12(11)15-16-17(10)2/h3-5H,6-9,14H2,1-2H3. The number of nitrogens with two attached hydrogens (primary N) is 1. The molecule has 0 bridgehead atoms. The van der Waals surface area contributed by atoms with E-state index in [-0.39, 0.29) is 5.54 Å². The van der Waals surface area contributed by atoms with Crippen molar-refractivity contribution in [2.45, 2.75) is 25.3 Å². The molecule has 1 aromatic heterocycles. The summed E-state index contributed by atoms with van der Waals surface area (Å²) in [7, 11) is 1.92. The molecule has 5 heteroatoms. The molecule has 1 fully saturated rings. The van der Waals surface area contributed by atoms with Crippen molar-refractivity contribution < 1.29 is 0 Å². The van der Waals surface area contributed by atoms with Gasteiger partial charge < -0.3 is 10.6 Å². The number of aryl methyl sites for hydroxylation is 1. The number of aromatic nitrogens is 3. The van der Waals surface area contributed by atoms with E-state index in [9.17, 15) is 0 Å². The van der Waals surface area contributed by atoms with Crippen LogP contribution in [0.25, 0.3) is 11.0 Å². The average Bonchev–Trinajstić information content (AvgIpc) is 2.72. The zero-order chi connectivity index (χ0) is 12.8. The van der Waals surface area contributed by atoms with E-state index in [1.807, 2.05) is 11.7 Å². The lowest BCUT2D eigenvalue weighted by atomic mass is 9.91. The van der Waals surface area contributed by atoms with Gasteiger partial charge in [0.05, 0.1) is 11.2 Å². The Hall–Kier alpha value is -1.62. The average molecular weight is 245 g/mol. The molecule has 1 saturated heterocycles. The minimum Gasteiger partial charge on any atom is -0.370 e. The summed E-state index contributed by atoms with van der Waals surface area (Å²) in [6.45, 7) is 4.11. The fraction of sp³-hybridized carbons (Fsp3) is 0.538. The molecule has 0 saturated carbocycles. The highest BCUT2D eigenvalue weighted by Crippen LogP contribution is 2.29. The van der Waals surface area contributed by atoms with Crippen LogP contribution in [-0.4, -0.2) is 33.6 Å². The Labute approximate surface area is 107 Å². The van der Waals surface area contributed by atoms with Gasteiger partial charge in [0.1, 0.15) is 5.52 Å². The molecule has 0 unspecified atom stereocenters. The molecule has 96 valence electrons. The van der Waals surface area contributed by atoms with E-state index in [1.54, 1.807) is 0 Å². The first-order valence-electron chi connectivity index (χ1n) is 6.39. The van der Waals surface area contributed by atoms with Gasteiger partial charge in [0.25, 0.3) is 0 Å². The molecule has 0 radical (unpaired) electrons. The van der Waals surface area contributed by atoms with Gasteiger partial charge in [-0.2, -0.15) is 0 Å². The smallest absolute Gasteiger partial charge is 0.136 e. The summed E-state index contributed by atoms with van der Waals surface area (Å²) in [5.74, 6) is 0. The van der Waals surface area contributed by atoms with Crippen molar-refractivity contribution in [2.24, 2.45) is 12.8 Å². The number of fused-ring (bicyclic) bond motifs is 1. The Kier molecular flexibility index (Phi) is 2.52. The van der Waals surface area contributed by atoms with Gasteiger partial charge in [-0.25, -0.2) is 4.68 Å². The molecule has 1 aliphatic rings. The molecular formula is C13H19N5. The first kappa shape index (κ1) is 11.5. The van der Waals surface area contributed by atoms with Crippen LogP contribution in [0.1, 0.15) is 19.8 Å². The monoisotopic (exact) mass is 245 g/mol. The maximum Gasteiger partial charge on any atom is 0.136 e. The van der Waals surface area contributed by atoms with Gasteiger partial charge in [-0.3, -0.25) is 0 Å². The Morgan fingerprint density at radius 1 is 1.28 bits per heavy atom. The number of nitrogens with zero attached hydrogens (tertiary/aromatic N) is 4. The van der Waals surface area contributed by atoms with Gasteiger partial charge >= 0.3 is 0 Å². The van der Waals surface area contributed by atoms with Crippen LogP contribution in [-0.2, 0) is 7.05 Å². The van der Waals surface area contributed by atoms with Gasteiger partial charge in [-0.15, -0.1) is 5.10 Å². The van der Waals surface area contributed by atoms with Gasteiger partial charge in [0.2, 0.25) is 0 Å². The number of benzene rings is 1. The molecule has 3 rings (SSSR count). The fourth-order valence-corrected chi connectivity index (χ4v) is 2.56. The number of rotatable bonds is 1. The van der Waals surface area contributed by atoms with E-state index in [1.165, 1.54) is 5.69 Å². The molecule has 1 aliphatic heterocycles. The minimum absolute atomic E-state index is 0.0211. The van der Waals surface area contributed by atoms with Crippen LogP contribution in [0.15, 0.2) is 18.2 Å². The lowest BCUT2D eigenvalue weighted by Crippen LogP contribution is -2.48. The fourth-order valence-electron chi connectivity index (χ4n) is 2.56. The largest absolute Gasteiger partial charge is 0.370 e. The predicted molar refractivity (Wildman–Crippen MR) is 72.5 cm³/mol. The highest BCUT2D eigenvalue weighted by atomic mass is 15.4. The molecule has 2 heterocycles. The summed E-state index contributed by atoms with van der Waals surface area (Å²) in [6.07, 6.45) is 2.04. The van der Waals surface area contributed by atoms with E-state index in [2.05, 4.69) is 40.3 Å². The van der Waals surface area contributed by atoms with Gasteiger partial charge in [-0.05, 0) is 31.9 Å². The van der Waals surface area contributed by atoms with Crippen molar-refractivity contribution in [3.05, 3.63) is 18.2 Å². The predicted octanol–water partition coefficient (Wildman–Crippen LogP) is 1.29. The van der Waals surface area contributed by atoms with Crippen LogP contribution in [0.2, 0.25) is 0 Å². The number of hydrogen-bond donors (Lipinski definition) is 1. The first-order valence-corrected chi connectivity index (χ1v) is 6.39. The Bertz CT molecular complexity index is 562. The lowest BCUT2D eigenvalue weighted by Gasteiger charge is -2.38. The summed E-state index contributed by atoms with van der Waals surface area (Å²) in [5.41, 5.74) is 9.40. The second-order valence-electron chi connectivity index (χ2n) is 5.50. The third-order valence-corrected chi connectivity index (χ3v) is 3.87. The third-order valence-electron chi connectivity index (χ3n) is 3.87. The number of hydrogen-bond acceptors (Lipinski definition) is 4. The van der Waals surface area contributed by atoms with Crippen molar-refractivity contribution in [2.75, 3.05) is 18.0 Å². The maximum atomic E-state index is 6.18. The van der Waals surface area contributed by atoms with Gasteiger partial charge in [0, 0.05) is 25.7 Å². The molecule has 2 N–H and O–H groups in total. The second-order valence-corrected chi connectivity index (χ2v) is 5.50. The maximum absolute atomic E-state index is 6.18. The number of piperidine rings is 1. The zero-order valence-corrected chi connectivity index (χ0v) is 10.9. The first-order chi connectivity index (χ1) is 8.57. The van der Waals surface area contributed by atoms with Crippen LogP contribution in [0.4, 0.5) is 5.69 Å². The third kappa shape index (κ3) is 1.84. The summed E-state index contributed by atoms with van der Waals surface area (Å²) in [6, 6.07) is 6.24. The minimum atomic E-state index is -0.0211. The molecule has 1 aromatic carbocycles. The van der Waals surface area contributed by atoms with Crippen molar-refractivity contribution in [3.63, 3.8) is 0 Å². The van der Waals surface area contributed by atoms with Gasteiger partial charge in [0.15, 0.2) is 0 Å². The van der Waals surface area contributed by atoms with Crippen LogP contribution >= 0.6 is 0 Å². The molecular weight excluding hydrogens is 226 g/mol. The second kappa shape index (κ2) is 3.95. The van der Waals surface area contributed by atoms with Crippen molar-refractivity contribution >= 4 is 16.7 Å². The summed E-state index contributed by atoms with van der Waals surface area (Å²) in [4.78, 5) is 2.37. The van der Waals surface area contributed by atoms with E-state index >= 15 is 0 Å². The van der Waals surface area contributed by atoms with E-state index in [4.69, 9.17) is 5.73 Å². The lowest BCUT2D eigenvalue weighted by molar-refractivity contribution is 0.364. The Balaban J connectivity index is 1.95. The van der Waals surface area contributed by atoms with Crippen molar-refractivity contribution in [1.82, 2.24) is 15.0 Å². The zero-order valence-electron chi connectivity index (χ0n) is 10.9.